The van der Waals surface area contributed by atoms with Crippen LogP contribution in [0.1, 0.15) is 59.0 Å². The number of phenols is 1. The second-order valence-electron chi connectivity index (χ2n) is 10.4. The van der Waals surface area contributed by atoms with Gasteiger partial charge in [-0.05, 0) is 62.7 Å². The van der Waals surface area contributed by atoms with Crippen molar-refractivity contribution in [2.45, 2.75) is 59.6 Å². The molecule has 190 valence electrons. The zero-order valence-corrected chi connectivity index (χ0v) is 21.4. The van der Waals surface area contributed by atoms with Crippen LogP contribution in [0.3, 0.4) is 0 Å². The lowest BCUT2D eigenvalue weighted by molar-refractivity contribution is -0.123. The number of hydrogen-bond donors (Lipinski definition) is 3. The van der Waals surface area contributed by atoms with E-state index in [4.69, 9.17) is 4.74 Å². The van der Waals surface area contributed by atoms with Crippen molar-refractivity contribution in [3.8, 4) is 17.1 Å². The highest BCUT2D eigenvalue weighted by Crippen LogP contribution is 2.22. The largest absolute Gasteiger partial charge is 0.508 e. The third kappa shape index (κ3) is 7.72. The SMILES string of the molecule is CC(C)(C)OC(=O)NC(Cc1ccc(O)cc1)c1nnc(-c2ccc(NC(=O)C(C)(C)C)cc2)nn1. The number of carbonyl (C=O) groups excluding carboxylic acids is 2. The van der Waals surface area contributed by atoms with E-state index in [1.54, 1.807) is 69.3 Å². The van der Waals surface area contributed by atoms with Gasteiger partial charge in [0.2, 0.25) is 11.7 Å². The van der Waals surface area contributed by atoms with E-state index >= 15 is 0 Å². The third-order valence-corrected chi connectivity index (χ3v) is 4.96. The summed E-state index contributed by atoms with van der Waals surface area (Å²) in [5.41, 5.74) is 0.995. The van der Waals surface area contributed by atoms with Crippen molar-refractivity contribution in [3.63, 3.8) is 0 Å². The smallest absolute Gasteiger partial charge is 0.408 e. The van der Waals surface area contributed by atoms with E-state index in [0.717, 1.165) is 5.56 Å². The van der Waals surface area contributed by atoms with Gasteiger partial charge in [0.05, 0.1) is 0 Å². The van der Waals surface area contributed by atoms with Crippen molar-refractivity contribution in [2.24, 2.45) is 5.41 Å². The van der Waals surface area contributed by atoms with E-state index in [-0.39, 0.29) is 17.5 Å². The van der Waals surface area contributed by atoms with Crippen molar-refractivity contribution >= 4 is 17.7 Å². The van der Waals surface area contributed by atoms with Gasteiger partial charge in [0.15, 0.2) is 5.82 Å². The molecule has 1 heterocycles. The van der Waals surface area contributed by atoms with Gasteiger partial charge in [-0.25, -0.2) is 4.79 Å². The summed E-state index contributed by atoms with van der Waals surface area (Å²) in [6.45, 7) is 10.9. The van der Waals surface area contributed by atoms with E-state index in [9.17, 15) is 14.7 Å². The van der Waals surface area contributed by atoms with Crippen LogP contribution in [-0.2, 0) is 16.0 Å². The molecule has 3 N–H and O–H groups in total. The Balaban J connectivity index is 1.78. The Bertz CT molecular complexity index is 1180. The molecule has 0 radical (unpaired) electrons. The number of alkyl carbamates (subject to hydrolysis) is 1. The standard InChI is InChI=1S/C26H32N6O4/c1-25(2,3)23(34)27-18-11-9-17(10-12-18)21-29-31-22(32-30-21)20(28-24(35)36-26(4,5)6)15-16-7-13-19(33)14-8-16/h7-14,20,33H,15H2,1-6H3,(H,27,34)(H,28,35). The first kappa shape index (κ1) is 26.5. The van der Waals surface area contributed by atoms with Crippen LogP contribution in [-0.4, -0.2) is 43.1 Å². The normalized spacial score (nSPS) is 12.5. The topological polar surface area (TPSA) is 139 Å². The zero-order valence-electron chi connectivity index (χ0n) is 21.4. The molecule has 3 aromatic rings. The van der Waals surface area contributed by atoms with E-state index in [1.807, 2.05) is 20.8 Å². The summed E-state index contributed by atoms with van der Waals surface area (Å²) in [4.78, 5) is 24.6. The van der Waals surface area contributed by atoms with Crippen molar-refractivity contribution in [2.75, 3.05) is 5.32 Å². The molecule has 1 atom stereocenters. The minimum absolute atomic E-state index is 0.0867. The van der Waals surface area contributed by atoms with E-state index in [1.165, 1.54) is 0 Å². The first-order valence-electron chi connectivity index (χ1n) is 11.6. The number of ether oxygens (including phenoxy) is 1. The van der Waals surface area contributed by atoms with Crippen molar-refractivity contribution in [3.05, 3.63) is 59.9 Å². The Labute approximate surface area is 210 Å². The fourth-order valence-electron chi connectivity index (χ4n) is 3.04. The summed E-state index contributed by atoms with van der Waals surface area (Å²) in [5.74, 6) is 0.569. The minimum Gasteiger partial charge on any atom is -0.508 e. The molecule has 0 aliphatic rings. The fourth-order valence-corrected chi connectivity index (χ4v) is 3.04. The number of benzene rings is 2. The fraction of sp³-hybridized carbons (Fsp3) is 0.385. The molecular weight excluding hydrogens is 460 g/mol. The molecule has 0 saturated heterocycles. The summed E-state index contributed by atoms with van der Waals surface area (Å²) in [7, 11) is 0. The van der Waals surface area contributed by atoms with E-state index < -0.39 is 23.2 Å². The third-order valence-electron chi connectivity index (χ3n) is 4.96. The van der Waals surface area contributed by atoms with Gasteiger partial charge in [0.1, 0.15) is 17.4 Å². The lowest BCUT2D eigenvalue weighted by Crippen LogP contribution is -2.36. The number of hydrogen-bond acceptors (Lipinski definition) is 8. The van der Waals surface area contributed by atoms with Gasteiger partial charge < -0.3 is 20.5 Å². The molecule has 2 amide bonds. The predicted octanol–water partition coefficient (Wildman–Crippen LogP) is 4.43. The number of phenolic OH excluding ortho intramolecular Hbond substituents is 1. The first-order chi connectivity index (χ1) is 16.8. The highest BCUT2D eigenvalue weighted by atomic mass is 16.6. The van der Waals surface area contributed by atoms with Crippen LogP contribution < -0.4 is 10.6 Å². The maximum Gasteiger partial charge on any atom is 0.408 e. The van der Waals surface area contributed by atoms with Crippen LogP contribution in [0, 0.1) is 5.41 Å². The quantitative estimate of drug-likeness (QED) is 0.459. The van der Waals surface area contributed by atoms with Gasteiger partial charge in [0, 0.05) is 23.1 Å². The second-order valence-corrected chi connectivity index (χ2v) is 10.4. The number of nitrogens with one attached hydrogen (secondary N) is 2. The molecule has 1 unspecified atom stereocenters. The minimum atomic E-state index is -0.674. The highest BCUT2D eigenvalue weighted by molar-refractivity contribution is 5.94. The summed E-state index contributed by atoms with van der Waals surface area (Å²) < 4.78 is 5.38. The van der Waals surface area contributed by atoms with Crippen molar-refractivity contribution in [1.29, 1.82) is 0 Å². The molecular formula is C26H32N6O4. The number of rotatable bonds is 6. The number of nitrogens with zero attached hydrogens (tertiary/aromatic N) is 4. The molecule has 1 aromatic heterocycles. The van der Waals surface area contributed by atoms with Crippen molar-refractivity contribution < 1.29 is 19.4 Å². The monoisotopic (exact) mass is 492 g/mol. The van der Waals surface area contributed by atoms with E-state index in [2.05, 4.69) is 31.0 Å². The second kappa shape index (κ2) is 10.7. The molecule has 0 spiro atoms. The Morgan fingerprint density at radius 3 is 2.00 bits per heavy atom. The average Bonchev–Trinajstić information content (AvgIpc) is 2.79. The Morgan fingerprint density at radius 2 is 1.47 bits per heavy atom. The molecule has 0 aliphatic carbocycles. The molecule has 0 fully saturated rings. The van der Waals surface area contributed by atoms with Crippen LogP contribution in [0.4, 0.5) is 10.5 Å². The summed E-state index contributed by atoms with van der Waals surface area (Å²) in [6, 6.07) is 13.0. The number of carbonyl (C=O) groups is 2. The lowest BCUT2D eigenvalue weighted by atomic mass is 9.95. The van der Waals surface area contributed by atoms with Gasteiger partial charge >= 0.3 is 6.09 Å². The Kier molecular flexibility index (Phi) is 7.87. The molecule has 0 bridgehead atoms. The Morgan fingerprint density at radius 1 is 0.889 bits per heavy atom. The number of anilines is 1. The lowest BCUT2D eigenvalue weighted by Gasteiger charge is -2.22. The van der Waals surface area contributed by atoms with Gasteiger partial charge in [-0.3, -0.25) is 4.79 Å². The van der Waals surface area contributed by atoms with E-state index in [0.29, 0.717) is 23.5 Å². The van der Waals surface area contributed by atoms with Gasteiger partial charge in [0.25, 0.3) is 0 Å². The maximum atomic E-state index is 12.4. The molecule has 10 nitrogen and oxygen atoms in total. The van der Waals surface area contributed by atoms with Crippen LogP contribution >= 0.6 is 0 Å². The molecule has 10 heteroatoms. The van der Waals surface area contributed by atoms with Gasteiger partial charge in [-0.1, -0.05) is 32.9 Å². The summed E-state index contributed by atoms with van der Waals surface area (Å²) >= 11 is 0. The Hall–Kier alpha value is -4.08. The number of amides is 2. The van der Waals surface area contributed by atoms with Crippen molar-refractivity contribution in [1.82, 2.24) is 25.7 Å². The van der Waals surface area contributed by atoms with Crippen LogP contribution in [0.15, 0.2) is 48.5 Å². The average molecular weight is 493 g/mol. The number of aromatic nitrogens is 4. The summed E-state index contributed by atoms with van der Waals surface area (Å²) in [6.07, 6.45) is -0.281. The summed E-state index contributed by atoms with van der Waals surface area (Å²) in [5, 5.41) is 32.0. The molecule has 36 heavy (non-hydrogen) atoms. The molecule has 3 rings (SSSR count). The first-order valence-corrected chi connectivity index (χ1v) is 11.6. The maximum absolute atomic E-state index is 12.4. The van der Waals surface area contributed by atoms with Crippen LogP contribution in [0.2, 0.25) is 0 Å². The van der Waals surface area contributed by atoms with Gasteiger partial charge in [-0.15, -0.1) is 20.4 Å². The van der Waals surface area contributed by atoms with Crippen LogP contribution in [0.25, 0.3) is 11.4 Å². The highest BCUT2D eigenvalue weighted by Gasteiger charge is 2.24. The zero-order chi connectivity index (χ0) is 26.5. The van der Waals surface area contributed by atoms with Crippen LogP contribution in [0.5, 0.6) is 5.75 Å². The van der Waals surface area contributed by atoms with Gasteiger partial charge in [-0.2, -0.15) is 0 Å². The molecule has 2 aromatic carbocycles. The predicted molar refractivity (Wildman–Crippen MR) is 135 cm³/mol. The molecule has 0 saturated carbocycles. The number of aromatic hydroxyl groups is 1. The molecule has 0 aliphatic heterocycles.